The molecular formula is C13H16Cl2N2OS. The number of hydrogen-bond donors (Lipinski definition) is 1. The van der Waals surface area contributed by atoms with Gasteiger partial charge in [0.15, 0.2) is 11.7 Å². The van der Waals surface area contributed by atoms with Crippen molar-refractivity contribution in [2.45, 2.75) is 32.7 Å². The lowest BCUT2D eigenvalue weighted by atomic mass is 10.3. The van der Waals surface area contributed by atoms with Crippen LogP contribution in [-0.2, 0) is 6.42 Å². The van der Waals surface area contributed by atoms with Gasteiger partial charge in [-0.1, -0.05) is 37.0 Å². The number of aryl methyl sites for hydroxylation is 1. The van der Waals surface area contributed by atoms with Crippen LogP contribution in [0.1, 0.15) is 26.2 Å². The van der Waals surface area contributed by atoms with E-state index >= 15 is 0 Å². The van der Waals surface area contributed by atoms with Crippen LogP contribution in [0.2, 0.25) is 8.67 Å². The first-order valence-corrected chi connectivity index (χ1v) is 7.77. The fraction of sp³-hybridized carbons (Fsp3) is 0.462. The minimum atomic E-state index is 0.506. The van der Waals surface area contributed by atoms with Gasteiger partial charge in [-0.3, -0.25) is 0 Å². The number of oxazole rings is 1. The van der Waals surface area contributed by atoms with Gasteiger partial charge in [0, 0.05) is 18.0 Å². The molecule has 0 unspecified atom stereocenters. The van der Waals surface area contributed by atoms with Crippen LogP contribution < -0.4 is 5.32 Å². The Kier molecular flexibility index (Phi) is 5.28. The van der Waals surface area contributed by atoms with E-state index < -0.39 is 0 Å². The van der Waals surface area contributed by atoms with Gasteiger partial charge >= 0.3 is 0 Å². The summed E-state index contributed by atoms with van der Waals surface area (Å²) in [5.74, 6) is 1.42. The van der Waals surface area contributed by atoms with Crippen LogP contribution in [0, 0.1) is 0 Å². The zero-order valence-corrected chi connectivity index (χ0v) is 13.2. The molecule has 0 radical (unpaired) electrons. The number of aromatic nitrogens is 1. The van der Waals surface area contributed by atoms with Gasteiger partial charge in [-0.15, -0.1) is 11.3 Å². The quantitative estimate of drug-likeness (QED) is 0.788. The van der Waals surface area contributed by atoms with Gasteiger partial charge in [0.2, 0.25) is 0 Å². The Bertz CT molecular complexity index is 536. The number of nitrogens with zero attached hydrogens (tertiary/aromatic N) is 1. The zero-order chi connectivity index (χ0) is 13.8. The van der Waals surface area contributed by atoms with Crippen LogP contribution in [0.4, 0.5) is 0 Å². The Morgan fingerprint density at radius 2 is 2.21 bits per heavy atom. The Hall–Kier alpha value is -0.550. The third-order valence-corrected chi connectivity index (χ3v) is 4.08. The van der Waals surface area contributed by atoms with Gasteiger partial charge in [0.1, 0.15) is 4.34 Å². The summed E-state index contributed by atoms with van der Waals surface area (Å²) in [5.41, 5.74) is 0.815. The van der Waals surface area contributed by atoms with Crippen molar-refractivity contribution in [1.29, 1.82) is 0 Å². The Morgan fingerprint density at radius 1 is 1.42 bits per heavy atom. The molecule has 2 aromatic heterocycles. The molecule has 0 spiro atoms. The smallest absolute Gasteiger partial charge is 0.194 e. The number of rotatable bonds is 6. The maximum absolute atomic E-state index is 6.09. The zero-order valence-electron chi connectivity index (χ0n) is 10.9. The lowest BCUT2D eigenvalue weighted by molar-refractivity contribution is 0.484. The molecule has 104 valence electrons. The maximum atomic E-state index is 6.09. The van der Waals surface area contributed by atoms with Gasteiger partial charge in [0.05, 0.1) is 10.5 Å². The Balaban J connectivity index is 1.94. The fourth-order valence-corrected chi connectivity index (χ4v) is 3.16. The topological polar surface area (TPSA) is 38.1 Å². The molecule has 0 saturated heterocycles. The summed E-state index contributed by atoms with van der Waals surface area (Å²) in [6, 6.07) is 2.31. The normalized spacial score (nSPS) is 11.4. The number of nitrogens with one attached hydrogen (secondary N) is 1. The standard InChI is InChI=1S/C13H16Cl2N2OS/c1-8(2)16-5-3-4-12-17-7-10(18-12)9-6-11(14)19-13(9)15/h6-8,16H,3-5H2,1-2H3. The first-order valence-electron chi connectivity index (χ1n) is 6.19. The molecule has 19 heavy (non-hydrogen) atoms. The first kappa shape index (κ1) is 14.9. The van der Waals surface area contributed by atoms with Gasteiger partial charge in [-0.2, -0.15) is 0 Å². The highest BCUT2D eigenvalue weighted by molar-refractivity contribution is 7.20. The number of halogens is 2. The monoisotopic (exact) mass is 318 g/mol. The highest BCUT2D eigenvalue weighted by atomic mass is 35.5. The molecule has 0 amide bonds. The molecular weight excluding hydrogens is 303 g/mol. The predicted molar refractivity (Wildman–Crippen MR) is 81.3 cm³/mol. The van der Waals surface area contributed by atoms with Crippen molar-refractivity contribution in [2.24, 2.45) is 0 Å². The van der Waals surface area contributed by atoms with Gasteiger partial charge in [0.25, 0.3) is 0 Å². The van der Waals surface area contributed by atoms with Crippen LogP contribution in [0.15, 0.2) is 16.7 Å². The lowest BCUT2D eigenvalue weighted by Crippen LogP contribution is -2.23. The largest absolute Gasteiger partial charge is 0.441 e. The molecule has 0 bridgehead atoms. The van der Waals surface area contributed by atoms with E-state index in [1.165, 1.54) is 11.3 Å². The summed E-state index contributed by atoms with van der Waals surface area (Å²) in [6.07, 6.45) is 3.51. The van der Waals surface area contributed by atoms with Crippen molar-refractivity contribution >= 4 is 34.5 Å². The number of thiophene rings is 1. The maximum Gasteiger partial charge on any atom is 0.194 e. The van der Waals surface area contributed by atoms with E-state index in [9.17, 15) is 0 Å². The van der Waals surface area contributed by atoms with Gasteiger partial charge in [-0.05, 0) is 19.0 Å². The van der Waals surface area contributed by atoms with E-state index in [4.69, 9.17) is 27.6 Å². The second kappa shape index (κ2) is 6.75. The molecule has 0 aliphatic rings. The summed E-state index contributed by atoms with van der Waals surface area (Å²) in [4.78, 5) is 4.27. The van der Waals surface area contributed by atoms with Crippen LogP contribution >= 0.6 is 34.5 Å². The molecule has 2 heterocycles. The van der Waals surface area contributed by atoms with Crippen molar-refractivity contribution < 1.29 is 4.42 Å². The van der Waals surface area contributed by atoms with Crippen LogP contribution in [0.25, 0.3) is 11.3 Å². The van der Waals surface area contributed by atoms with E-state index in [0.29, 0.717) is 20.5 Å². The van der Waals surface area contributed by atoms with Crippen LogP contribution in [-0.4, -0.2) is 17.6 Å². The van der Waals surface area contributed by atoms with Gasteiger partial charge < -0.3 is 9.73 Å². The molecule has 6 heteroatoms. The molecule has 0 aliphatic carbocycles. The molecule has 0 saturated carbocycles. The fourth-order valence-electron chi connectivity index (χ4n) is 1.69. The minimum Gasteiger partial charge on any atom is -0.441 e. The van der Waals surface area contributed by atoms with Crippen molar-refractivity contribution in [1.82, 2.24) is 10.3 Å². The average Bonchev–Trinajstić information content (AvgIpc) is 2.91. The molecule has 0 aromatic carbocycles. The van der Waals surface area contributed by atoms with Gasteiger partial charge in [-0.25, -0.2) is 4.98 Å². The summed E-state index contributed by atoms with van der Waals surface area (Å²) in [7, 11) is 0. The van der Waals surface area contributed by atoms with E-state index in [1.54, 1.807) is 12.3 Å². The average molecular weight is 319 g/mol. The summed E-state index contributed by atoms with van der Waals surface area (Å²) in [5, 5.41) is 3.36. The molecule has 0 fully saturated rings. The SMILES string of the molecule is CC(C)NCCCc1ncc(-c2cc(Cl)sc2Cl)o1. The Labute approximate surface area is 126 Å². The summed E-state index contributed by atoms with van der Waals surface area (Å²) in [6.45, 7) is 5.22. The second-order valence-electron chi connectivity index (χ2n) is 4.57. The second-order valence-corrected chi connectivity index (χ2v) is 6.85. The molecule has 2 rings (SSSR count). The lowest BCUT2D eigenvalue weighted by Gasteiger charge is -2.05. The van der Waals surface area contributed by atoms with Crippen molar-refractivity contribution in [3.63, 3.8) is 0 Å². The molecule has 0 atom stereocenters. The predicted octanol–water partition coefficient (Wildman–Crippen LogP) is 4.64. The third-order valence-electron chi connectivity index (χ3n) is 2.60. The van der Waals surface area contributed by atoms with Crippen molar-refractivity contribution in [3.05, 3.63) is 26.8 Å². The van der Waals surface area contributed by atoms with Crippen molar-refractivity contribution in [3.8, 4) is 11.3 Å². The Morgan fingerprint density at radius 3 is 2.84 bits per heavy atom. The third kappa shape index (κ3) is 4.21. The highest BCUT2D eigenvalue weighted by Crippen LogP contribution is 2.38. The van der Waals surface area contributed by atoms with E-state index in [-0.39, 0.29) is 0 Å². The summed E-state index contributed by atoms with van der Waals surface area (Å²) < 4.78 is 6.98. The van der Waals surface area contributed by atoms with E-state index in [1.807, 2.05) is 0 Å². The molecule has 1 N–H and O–H groups in total. The van der Waals surface area contributed by atoms with E-state index in [0.717, 1.165) is 30.8 Å². The summed E-state index contributed by atoms with van der Waals surface area (Å²) >= 11 is 13.3. The van der Waals surface area contributed by atoms with Crippen LogP contribution in [0.5, 0.6) is 0 Å². The highest BCUT2D eigenvalue weighted by Gasteiger charge is 2.13. The van der Waals surface area contributed by atoms with Crippen molar-refractivity contribution in [2.75, 3.05) is 6.54 Å². The van der Waals surface area contributed by atoms with E-state index in [2.05, 4.69) is 24.1 Å². The molecule has 0 aliphatic heterocycles. The number of hydrogen-bond acceptors (Lipinski definition) is 4. The molecule has 2 aromatic rings. The first-order chi connectivity index (χ1) is 9.06. The minimum absolute atomic E-state index is 0.506. The van der Waals surface area contributed by atoms with Crippen LogP contribution in [0.3, 0.4) is 0 Å². The molecule has 3 nitrogen and oxygen atoms in total.